The fraction of sp³-hybridized carbons (Fsp3) is 0.857. The quantitative estimate of drug-likeness (QED) is 0.574. The first-order chi connectivity index (χ1) is 9.42. The van der Waals surface area contributed by atoms with Gasteiger partial charge in [-0.25, -0.2) is 0 Å². The lowest BCUT2D eigenvalue weighted by atomic mass is 9.77. The largest absolute Gasteiger partial charge is 0.368 e. The molecule has 2 fully saturated rings. The SMILES string of the molecule is CC(C)CN1CCCCC12CN([C@@H](CS)C(N)=O)C2=O. The molecule has 2 aliphatic rings. The number of nitrogens with zero attached hydrogens (tertiary/aromatic N) is 2. The Hall–Kier alpha value is -0.750. The second-order valence-electron chi connectivity index (χ2n) is 6.36. The number of likely N-dealkylation sites (tertiary alicyclic amines) is 2. The Balaban J connectivity index is 2.12. The molecule has 2 N–H and O–H groups in total. The lowest BCUT2D eigenvalue weighted by molar-refractivity contribution is -0.175. The van der Waals surface area contributed by atoms with E-state index in [0.29, 0.717) is 18.2 Å². The third-order valence-electron chi connectivity index (χ3n) is 4.43. The first-order valence-corrected chi connectivity index (χ1v) is 8.02. The summed E-state index contributed by atoms with van der Waals surface area (Å²) in [5.74, 6) is 0.426. The third kappa shape index (κ3) is 2.55. The molecule has 5 nitrogen and oxygen atoms in total. The Labute approximate surface area is 126 Å². The molecule has 0 radical (unpaired) electrons. The maximum absolute atomic E-state index is 12.7. The van der Waals surface area contributed by atoms with E-state index in [1.54, 1.807) is 4.90 Å². The third-order valence-corrected chi connectivity index (χ3v) is 4.77. The predicted molar refractivity (Wildman–Crippen MR) is 81.5 cm³/mol. The van der Waals surface area contributed by atoms with Crippen LogP contribution in [0, 0.1) is 5.92 Å². The normalized spacial score (nSPS) is 28.8. The van der Waals surface area contributed by atoms with Gasteiger partial charge in [0.05, 0.1) is 0 Å². The molecule has 0 aliphatic carbocycles. The van der Waals surface area contributed by atoms with Crippen LogP contribution in [0.4, 0.5) is 0 Å². The van der Waals surface area contributed by atoms with Gasteiger partial charge in [-0.2, -0.15) is 12.6 Å². The van der Waals surface area contributed by atoms with Crippen LogP contribution in [0.15, 0.2) is 0 Å². The van der Waals surface area contributed by atoms with Gasteiger partial charge in [-0.15, -0.1) is 0 Å². The van der Waals surface area contributed by atoms with Crippen molar-refractivity contribution < 1.29 is 9.59 Å². The molecule has 2 atom stereocenters. The zero-order valence-corrected chi connectivity index (χ0v) is 13.2. The van der Waals surface area contributed by atoms with E-state index in [2.05, 4.69) is 31.4 Å². The Kier molecular flexibility index (Phi) is 4.64. The minimum absolute atomic E-state index is 0.0655. The van der Waals surface area contributed by atoms with E-state index in [1.165, 1.54) is 0 Å². The Morgan fingerprint density at radius 2 is 2.15 bits per heavy atom. The van der Waals surface area contributed by atoms with Crippen molar-refractivity contribution in [2.75, 3.05) is 25.4 Å². The summed E-state index contributed by atoms with van der Waals surface area (Å²) in [4.78, 5) is 28.0. The van der Waals surface area contributed by atoms with Gasteiger partial charge in [-0.05, 0) is 31.7 Å². The van der Waals surface area contributed by atoms with E-state index in [9.17, 15) is 9.59 Å². The number of thiol groups is 1. The van der Waals surface area contributed by atoms with Crippen molar-refractivity contribution in [3.8, 4) is 0 Å². The molecule has 6 heteroatoms. The highest BCUT2D eigenvalue weighted by molar-refractivity contribution is 7.80. The molecule has 0 saturated carbocycles. The number of hydrogen-bond donors (Lipinski definition) is 2. The van der Waals surface area contributed by atoms with Crippen LogP contribution in [0.3, 0.4) is 0 Å². The van der Waals surface area contributed by atoms with Crippen LogP contribution in [0.25, 0.3) is 0 Å². The van der Waals surface area contributed by atoms with E-state index in [4.69, 9.17) is 5.73 Å². The van der Waals surface area contributed by atoms with E-state index in [-0.39, 0.29) is 11.4 Å². The number of amides is 2. The van der Waals surface area contributed by atoms with E-state index < -0.39 is 11.9 Å². The monoisotopic (exact) mass is 299 g/mol. The fourth-order valence-electron chi connectivity index (χ4n) is 3.41. The van der Waals surface area contributed by atoms with E-state index in [1.807, 2.05) is 0 Å². The number of hydrogen-bond acceptors (Lipinski definition) is 4. The maximum Gasteiger partial charge on any atom is 0.245 e. The van der Waals surface area contributed by atoms with Crippen molar-refractivity contribution in [3.63, 3.8) is 0 Å². The maximum atomic E-state index is 12.7. The van der Waals surface area contributed by atoms with Gasteiger partial charge >= 0.3 is 0 Å². The van der Waals surface area contributed by atoms with Gasteiger partial charge in [0, 0.05) is 18.8 Å². The molecule has 2 heterocycles. The standard InChI is InChI=1S/C14H25N3O2S/c1-10(2)7-16-6-4-3-5-14(16)9-17(13(14)19)11(8-20)12(15)18/h10-11,20H,3-9H2,1-2H3,(H2,15,18)/t11-,14?/m0/s1. The van der Waals surface area contributed by atoms with Crippen LogP contribution in [-0.4, -0.2) is 58.6 Å². The molecule has 1 unspecified atom stereocenters. The topological polar surface area (TPSA) is 66.6 Å². The number of nitrogens with two attached hydrogens (primary N) is 1. The zero-order valence-electron chi connectivity index (χ0n) is 12.3. The van der Waals surface area contributed by atoms with Crippen molar-refractivity contribution in [3.05, 3.63) is 0 Å². The molecule has 114 valence electrons. The zero-order chi connectivity index (χ0) is 14.9. The Bertz CT molecular complexity index is 402. The first kappa shape index (κ1) is 15.6. The van der Waals surface area contributed by atoms with Crippen LogP contribution in [0.5, 0.6) is 0 Å². The lowest BCUT2D eigenvalue weighted by Crippen LogP contribution is -2.78. The van der Waals surface area contributed by atoms with Crippen LogP contribution >= 0.6 is 12.6 Å². The fourth-order valence-corrected chi connectivity index (χ4v) is 3.79. The van der Waals surface area contributed by atoms with Gasteiger partial charge in [-0.3, -0.25) is 14.5 Å². The van der Waals surface area contributed by atoms with Gasteiger partial charge in [0.2, 0.25) is 11.8 Å². The van der Waals surface area contributed by atoms with Crippen molar-refractivity contribution in [1.29, 1.82) is 0 Å². The molecule has 2 rings (SSSR count). The highest BCUT2D eigenvalue weighted by Gasteiger charge is 2.58. The number of piperidine rings is 1. The molecule has 0 bridgehead atoms. The summed E-state index contributed by atoms with van der Waals surface area (Å²) in [5, 5.41) is 0. The lowest BCUT2D eigenvalue weighted by Gasteiger charge is -2.58. The summed E-state index contributed by atoms with van der Waals surface area (Å²) in [7, 11) is 0. The van der Waals surface area contributed by atoms with Gasteiger partial charge < -0.3 is 10.6 Å². The van der Waals surface area contributed by atoms with Crippen molar-refractivity contribution in [2.45, 2.75) is 44.7 Å². The minimum atomic E-state index is -0.570. The van der Waals surface area contributed by atoms with E-state index in [0.717, 1.165) is 32.4 Å². The first-order valence-electron chi connectivity index (χ1n) is 7.38. The van der Waals surface area contributed by atoms with Crippen LogP contribution in [0.2, 0.25) is 0 Å². The van der Waals surface area contributed by atoms with E-state index >= 15 is 0 Å². The summed E-state index contributed by atoms with van der Waals surface area (Å²) in [6.07, 6.45) is 3.12. The Morgan fingerprint density at radius 1 is 1.45 bits per heavy atom. The van der Waals surface area contributed by atoms with Gasteiger partial charge in [0.15, 0.2) is 0 Å². The average molecular weight is 299 g/mol. The van der Waals surface area contributed by atoms with Crippen molar-refractivity contribution >= 4 is 24.4 Å². The molecule has 20 heavy (non-hydrogen) atoms. The van der Waals surface area contributed by atoms with Gasteiger partial charge in [0.1, 0.15) is 11.6 Å². The summed E-state index contributed by atoms with van der Waals surface area (Å²) in [6.45, 7) is 6.86. The predicted octanol–water partition coefficient (Wildman–Crippen LogP) is 0.493. The molecule has 2 saturated heterocycles. The summed E-state index contributed by atoms with van der Waals surface area (Å²) in [5.41, 5.74) is 4.98. The van der Waals surface area contributed by atoms with Gasteiger partial charge in [-0.1, -0.05) is 13.8 Å². The number of primary amides is 1. The molecule has 2 amide bonds. The highest BCUT2D eigenvalue weighted by atomic mass is 32.1. The van der Waals surface area contributed by atoms with Crippen LogP contribution in [-0.2, 0) is 9.59 Å². The molecular formula is C14H25N3O2S. The second kappa shape index (κ2) is 5.93. The van der Waals surface area contributed by atoms with Crippen LogP contribution in [0.1, 0.15) is 33.1 Å². The highest BCUT2D eigenvalue weighted by Crippen LogP contribution is 2.39. The molecule has 2 aliphatic heterocycles. The van der Waals surface area contributed by atoms with Crippen molar-refractivity contribution in [1.82, 2.24) is 9.80 Å². The van der Waals surface area contributed by atoms with Gasteiger partial charge in [0.25, 0.3) is 0 Å². The molecule has 0 aromatic heterocycles. The minimum Gasteiger partial charge on any atom is -0.368 e. The summed E-state index contributed by atoms with van der Waals surface area (Å²) >= 11 is 4.14. The molecular weight excluding hydrogens is 274 g/mol. The number of carbonyl (C=O) groups is 2. The number of rotatable bonds is 5. The smallest absolute Gasteiger partial charge is 0.245 e. The number of β-lactam (4-membered cyclic amide) rings is 1. The average Bonchev–Trinajstić information content (AvgIpc) is 2.39. The molecule has 0 aromatic rings. The number of carbonyl (C=O) groups excluding carboxylic acids is 2. The second-order valence-corrected chi connectivity index (χ2v) is 6.73. The molecule has 0 aromatic carbocycles. The van der Waals surface area contributed by atoms with Crippen molar-refractivity contribution in [2.24, 2.45) is 11.7 Å². The molecule has 1 spiro atoms. The van der Waals surface area contributed by atoms with Crippen LogP contribution < -0.4 is 5.73 Å². The summed E-state index contributed by atoms with van der Waals surface area (Å²) < 4.78 is 0. The summed E-state index contributed by atoms with van der Waals surface area (Å²) in [6, 6.07) is -0.570. The Morgan fingerprint density at radius 3 is 2.65 bits per heavy atom.